The Morgan fingerprint density at radius 2 is 2.05 bits per heavy atom. The van der Waals surface area contributed by atoms with Crippen LogP contribution in [0.25, 0.3) is 11.1 Å². The molecule has 3 heterocycles. The summed E-state index contributed by atoms with van der Waals surface area (Å²) in [6.45, 7) is 1.60. The summed E-state index contributed by atoms with van der Waals surface area (Å²) in [6, 6.07) is 6.64. The van der Waals surface area contributed by atoms with E-state index in [0.717, 1.165) is 25.9 Å². The number of aliphatic imine (C=N–C) groups is 1. The molecule has 6 nitrogen and oxygen atoms in total. The van der Waals surface area contributed by atoms with Crippen LogP contribution in [0.1, 0.15) is 12.8 Å². The zero-order chi connectivity index (χ0) is 15.1. The van der Waals surface area contributed by atoms with E-state index in [0.29, 0.717) is 11.1 Å². The lowest BCUT2D eigenvalue weighted by Gasteiger charge is -2.18. The van der Waals surface area contributed by atoms with E-state index in [9.17, 15) is 9.18 Å². The average Bonchev–Trinajstić information content (AvgIpc) is 3.25. The molecule has 1 amide bonds. The Balaban J connectivity index is 1.56. The van der Waals surface area contributed by atoms with E-state index in [1.54, 1.807) is 17.0 Å². The summed E-state index contributed by atoms with van der Waals surface area (Å²) < 4.78 is 19.6. The normalized spacial score (nSPS) is 21.7. The highest BCUT2D eigenvalue weighted by molar-refractivity contribution is 5.97. The van der Waals surface area contributed by atoms with Crippen molar-refractivity contribution in [3.8, 4) is 0 Å². The maximum Gasteiger partial charge on any atom is 0.306 e. The number of carbonyl (C=O) groups is 1. The predicted octanol–water partition coefficient (Wildman–Crippen LogP) is 1.96. The number of para-hydroxylation sites is 2. The highest BCUT2D eigenvalue weighted by Gasteiger charge is 2.36. The summed E-state index contributed by atoms with van der Waals surface area (Å²) in [5.74, 6) is -0.119. The molecule has 2 aromatic rings. The average molecular weight is 302 g/mol. The van der Waals surface area contributed by atoms with Crippen molar-refractivity contribution >= 4 is 29.1 Å². The fourth-order valence-electron chi connectivity index (χ4n) is 2.90. The molecule has 1 fully saturated rings. The molecule has 2 aliphatic rings. The molecule has 0 saturated carbocycles. The van der Waals surface area contributed by atoms with Gasteiger partial charge in [-0.05, 0) is 25.0 Å². The zero-order valence-corrected chi connectivity index (χ0v) is 11.9. The Kier molecular flexibility index (Phi) is 3.06. The number of amides is 1. The van der Waals surface area contributed by atoms with E-state index in [4.69, 9.17) is 4.42 Å². The van der Waals surface area contributed by atoms with Crippen molar-refractivity contribution in [2.24, 2.45) is 4.99 Å². The summed E-state index contributed by atoms with van der Waals surface area (Å²) in [5, 5.41) is 0. The quantitative estimate of drug-likeness (QED) is 0.796. The number of fused-ring (bicyclic) bond motifs is 1. The van der Waals surface area contributed by atoms with E-state index in [1.807, 2.05) is 12.1 Å². The van der Waals surface area contributed by atoms with Gasteiger partial charge in [-0.1, -0.05) is 12.1 Å². The van der Waals surface area contributed by atoms with Crippen molar-refractivity contribution < 1.29 is 13.6 Å². The number of anilines is 1. The van der Waals surface area contributed by atoms with Crippen molar-refractivity contribution in [1.82, 2.24) is 9.88 Å². The van der Waals surface area contributed by atoms with Crippen LogP contribution in [0.5, 0.6) is 0 Å². The number of likely N-dealkylation sites (tertiary alicyclic amines) is 1. The summed E-state index contributed by atoms with van der Waals surface area (Å²) in [4.78, 5) is 23.4. The Labute approximate surface area is 126 Å². The Bertz CT molecular complexity index is 718. The largest absolute Gasteiger partial charge is 0.423 e. The number of halogens is 1. The molecule has 0 spiro atoms. The number of benzene rings is 1. The number of hydrogen-bond donors (Lipinski definition) is 0. The monoisotopic (exact) mass is 302 g/mol. The number of aromatic nitrogens is 1. The van der Waals surface area contributed by atoms with Gasteiger partial charge in [0.05, 0.1) is 6.54 Å². The van der Waals surface area contributed by atoms with Gasteiger partial charge in [0, 0.05) is 13.1 Å². The van der Waals surface area contributed by atoms with Gasteiger partial charge in [0.25, 0.3) is 6.09 Å². The molecule has 7 heteroatoms. The fourth-order valence-corrected chi connectivity index (χ4v) is 2.90. The summed E-state index contributed by atoms with van der Waals surface area (Å²) in [5.41, 5.74) is 1.24. The molecular weight excluding hydrogens is 287 g/mol. The van der Waals surface area contributed by atoms with Crippen molar-refractivity contribution in [3.63, 3.8) is 0 Å². The van der Waals surface area contributed by atoms with Crippen LogP contribution in [0, 0.1) is 0 Å². The van der Waals surface area contributed by atoms with Crippen LogP contribution in [0.4, 0.5) is 10.4 Å². The molecule has 1 atom stereocenters. The minimum atomic E-state index is -0.718. The first-order valence-electron chi connectivity index (χ1n) is 7.37. The molecular formula is C15H15FN4O2. The molecule has 1 unspecified atom stereocenters. The number of carbonyl (C=O) groups excluding carboxylic acids is 1. The minimum Gasteiger partial charge on any atom is -0.423 e. The second-order valence-corrected chi connectivity index (χ2v) is 5.52. The fraction of sp³-hybridized carbons (Fsp3) is 0.400. The molecule has 0 bridgehead atoms. The third kappa shape index (κ3) is 2.13. The van der Waals surface area contributed by atoms with Crippen LogP contribution in [-0.4, -0.2) is 47.6 Å². The molecule has 0 radical (unpaired) electrons. The van der Waals surface area contributed by atoms with Crippen molar-refractivity contribution in [2.45, 2.75) is 18.9 Å². The van der Waals surface area contributed by atoms with E-state index in [1.165, 1.54) is 4.90 Å². The van der Waals surface area contributed by atoms with Crippen LogP contribution < -0.4 is 4.90 Å². The number of rotatable bonds is 2. The van der Waals surface area contributed by atoms with E-state index in [2.05, 4.69) is 9.98 Å². The van der Waals surface area contributed by atoms with E-state index < -0.39 is 12.1 Å². The van der Waals surface area contributed by atoms with Crippen LogP contribution in [0.15, 0.2) is 33.7 Å². The first kappa shape index (κ1) is 13.2. The second-order valence-electron chi connectivity index (χ2n) is 5.52. The van der Waals surface area contributed by atoms with Crippen LogP contribution >= 0.6 is 0 Å². The third-order valence-electron chi connectivity index (χ3n) is 4.06. The van der Waals surface area contributed by atoms with Crippen LogP contribution in [0.3, 0.4) is 0 Å². The Morgan fingerprint density at radius 3 is 2.82 bits per heavy atom. The van der Waals surface area contributed by atoms with Gasteiger partial charge < -0.3 is 9.32 Å². The minimum absolute atomic E-state index is 0.119. The Hall–Kier alpha value is -2.44. The van der Waals surface area contributed by atoms with E-state index >= 15 is 0 Å². The van der Waals surface area contributed by atoms with E-state index in [-0.39, 0.29) is 18.5 Å². The molecule has 0 aliphatic carbocycles. The molecule has 1 saturated heterocycles. The van der Waals surface area contributed by atoms with Crippen LogP contribution in [0.2, 0.25) is 0 Å². The maximum absolute atomic E-state index is 14.1. The van der Waals surface area contributed by atoms with Gasteiger partial charge >= 0.3 is 6.01 Å². The molecule has 22 heavy (non-hydrogen) atoms. The van der Waals surface area contributed by atoms with Gasteiger partial charge in [0.1, 0.15) is 5.52 Å². The smallest absolute Gasteiger partial charge is 0.306 e. The number of amidine groups is 1. The van der Waals surface area contributed by atoms with Crippen molar-refractivity contribution in [1.29, 1.82) is 0 Å². The van der Waals surface area contributed by atoms with Crippen molar-refractivity contribution in [3.05, 3.63) is 24.3 Å². The SMILES string of the molecule is O=C(C1CN(c2nc3ccccc3o2)C(F)=N1)N1CCCC1. The predicted molar refractivity (Wildman–Crippen MR) is 79.5 cm³/mol. The number of nitrogens with zero attached hydrogens (tertiary/aromatic N) is 4. The molecule has 0 N–H and O–H groups in total. The molecule has 1 aromatic heterocycles. The first-order valence-corrected chi connectivity index (χ1v) is 7.37. The molecule has 114 valence electrons. The second kappa shape index (κ2) is 5.08. The molecule has 2 aliphatic heterocycles. The van der Waals surface area contributed by atoms with Crippen molar-refractivity contribution in [2.75, 3.05) is 24.5 Å². The summed E-state index contributed by atoms with van der Waals surface area (Å²) >= 11 is 0. The van der Waals surface area contributed by atoms with Gasteiger partial charge in [-0.3, -0.25) is 9.69 Å². The molecule has 4 rings (SSSR count). The van der Waals surface area contributed by atoms with Gasteiger partial charge in [0.2, 0.25) is 5.91 Å². The van der Waals surface area contributed by atoms with Gasteiger partial charge in [-0.25, -0.2) is 4.99 Å². The highest BCUT2D eigenvalue weighted by Crippen LogP contribution is 2.26. The summed E-state index contributed by atoms with van der Waals surface area (Å²) in [6.07, 6.45) is 1.28. The Morgan fingerprint density at radius 1 is 1.27 bits per heavy atom. The topological polar surface area (TPSA) is 61.9 Å². The first-order chi connectivity index (χ1) is 10.7. The lowest BCUT2D eigenvalue weighted by molar-refractivity contribution is -0.131. The zero-order valence-electron chi connectivity index (χ0n) is 11.9. The lowest BCUT2D eigenvalue weighted by atomic mass is 10.2. The van der Waals surface area contributed by atoms with Gasteiger partial charge in [-0.15, -0.1) is 0 Å². The maximum atomic E-state index is 14.1. The van der Waals surface area contributed by atoms with Gasteiger partial charge in [-0.2, -0.15) is 9.37 Å². The highest BCUT2D eigenvalue weighted by atomic mass is 19.1. The lowest BCUT2D eigenvalue weighted by Crippen LogP contribution is -2.39. The standard InChI is InChI=1S/C15H15FN4O2/c16-14-17-11(13(21)19-7-3-4-8-19)9-20(14)15-18-10-5-1-2-6-12(10)22-15/h1-2,5-6,11H,3-4,7-9H2. The molecule has 1 aromatic carbocycles. The van der Waals surface area contributed by atoms with Crippen LogP contribution in [-0.2, 0) is 4.79 Å². The number of oxazole rings is 1. The van der Waals surface area contributed by atoms with Gasteiger partial charge in [0.15, 0.2) is 11.6 Å². The third-order valence-corrected chi connectivity index (χ3v) is 4.06. The number of hydrogen-bond acceptors (Lipinski definition) is 5. The summed E-state index contributed by atoms with van der Waals surface area (Å²) in [7, 11) is 0.